The maximum Gasteiger partial charge on any atom is 0.269 e. The van der Waals surface area contributed by atoms with Gasteiger partial charge in [0.25, 0.3) is 5.69 Å². The zero-order valence-corrected chi connectivity index (χ0v) is 36.5. The highest BCUT2D eigenvalue weighted by atomic mass is 19.1. The second-order valence-corrected chi connectivity index (χ2v) is 17.4. The molecule has 2 N–H and O–H groups in total. The quantitative estimate of drug-likeness (QED) is 0.0351. The smallest absolute Gasteiger partial charge is 0.269 e. The number of hydrogen-bond donors (Lipinski definition) is 2. The minimum atomic E-state index is -1.54. The second kappa shape index (κ2) is 21.2. The first kappa shape index (κ1) is 46.9. The number of halogens is 1. The molecule has 0 bridgehead atoms. The van der Waals surface area contributed by atoms with Gasteiger partial charge in [0.2, 0.25) is 11.7 Å². The summed E-state index contributed by atoms with van der Waals surface area (Å²) in [5, 5.41) is 36.1. The number of amides is 1. The number of rotatable bonds is 21. The fourth-order valence-electron chi connectivity index (χ4n) is 9.18. The summed E-state index contributed by atoms with van der Waals surface area (Å²) in [4.78, 5) is 33.8. The summed E-state index contributed by atoms with van der Waals surface area (Å²) < 4.78 is 34.9. The third-order valence-corrected chi connectivity index (χ3v) is 11.9. The van der Waals surface area contributed by atoms with Gasteiger partial charge in [-0.15, -0.1) is 6.58 Å². The van der Waals surface area contributed by atoms with Crippen molar-refractivity contribution in [2.24, 2.45) is 22.9 Å². The fraction of sp³-hybridized carbons (Fsp3) is 0.440. The Morgan fingerprint density at radius 2 is 1.70 bits per heavy atom. The lowest BCUT2D eigenvalue weighted by molar-refractivity contribution is -0.384. The van der Waals surface area contributed by atoms with Crippen LogP contribution in [0, 0.1) is 33.7 Å². The normalized spacial score (nSPS) is 23.2. The van der Waals surface area contributed by atoms with Crippen molar-refractivity contribution in [3.8, 4) is 11.5 Å². The highest BCUT2D eigenvalue weighted by Crippen LogP contribution is 2.62. The Labute approximate surface area is 369 Å². The molecule has 1 heterocycles. The summed E-state index contributed by atoms with van der Waals surface area (Å²) in [5.41, 5.74) is 2.92. The molecule has 13 heteroatoms. The summed E-state index contributed by atoms with van der Waals surface area (Å²) in [5.74, 6) is -1.96. The Morgan fingerprint density at radius 3 is 2.35 bits per heavy atom. The van der Waals surface area contributed by atoms with Crippen LogP contribution in [0.15, 0.2) is 115 Å². The number of allylic oxidation sites excluding steroid dienone is 1. The number of fused-ring (bicyclic) bond motifs is 2. The number of ether oxygens (including phenoxy) is 3. The van der Waals surface area contributed by atoms with Gasteiger partial charge < -0.3 is 34.2 Å². The molecule has 6 rings (SSSR count). The molecule has 0 aromatic heterocycles. The number of unbranched alkanes of at least 4 members (excludes halogenated alkanes) is 2. The van der Waals surface area contributed by atoms with E-state index >= 15 is 4.79 Å². The monoisotopic (exact) mass is 865 g/mol. The largest absolute Gasteiger partial charge is 0.490 e. The van der Waals surface area contributed by atoms with Crippen molar-refractivity contribution in [2.75, 3.05) is 26.4 Å². The number of carbonyl (C=O) groups is 1. The van der Waals surface area contributed by atoms with E-state index in [-0.39, 0.29) is 56.2 Å². The van der Waals surface area contributed by atoms with Crippen molar-refractivity contribution in [3.05, 3.63) is 142 Å². The Balaban J connectivity index is 1.61. The van der Waals surface area contributed by atoms with E-state index < -0.39 is 40.0 Å². The standard InChI is InChI=1S/C50H60FN3O9/c1-6-28-60-39-23-24-44-42(31-39)47-40(13-9-11-27-56)36(12-8-10-26-55)30-41-43(52-63-49(3,4)5)32-45(50(62-44,48(41)47)61-29-7-2)53(33-35-14-19-37(51)20-15-35)46(57)25-18-34-16-21-38(22-17-34)54(58)59/h6-7,14-25,30-31,36,40,45,47-48,55-56H,1-2,8-13,26-29,32-33H2,3-5H3. The third kappa shape index (κ3) is 11.1. The molecule has 0 radical (unpaired) electrons. The minimum Gasteiger partial charge on any atom is -0.490 e. The number of oxime groups is 1. The number of nitrogens with zero attached hydrogens (tertiary/aromatic N) is 3. The molecule has 1 amide bonds. The number of carbonyl (C=O) groups excluding carboxylic acids is 1. The van der Waals surface area contributed by atoms with E-state index in [1.807, 2.05) is 39.0 Å². The first-order valence-corrected chi connectivity index (χ1v) is 21.8. The van der Waals surface area contributed by atoms with Crippen molar-refractivity contribution in [1.29, 1.82) is 0 Å². The van der Waals surface area contributed by atoms with Crippen molar-refractivity contribution < 1.29 is 43.4 Å². The third-order valence-electron chi connectivity index (χ3n) is 11.9. The Hall–Kier alpha value is -5.63. The van der Waals surface area contributed by atoms with Crippen molar-refractivity contribution >= 4 is 23.4 Å². The zero-order valence-electron chi connectivity index (χ0n) is 36.5. The number of aliphatic hydroxyl groups excluding tert-OH is 2. The van der Waals surface area contributed by atoms with Crippen LogP contribution in [0.3, 0.4) is 0 Å². The number of aliphatic hydroxyl groups is 2. The Morgan fingerprint density at radius 1 is 1.00 bits per heavy atom. The van der Waals surface area contributed by atoms with Gasteiger partial charge in [0, 0.05) is 55.9 Å². The summed E-state index contributed by atoms with van der Waals surface area (Å²) in [7, 11) is 0. The van der Waals surface area contributed by atoms with E-state index in [1.54, 1.807) is 47.4 Å². The summed E-state index contributed by atoms with van der Waals surface area (Å²) in [6.45, 7) is 14.1. The van der Waals surface area contributed by atoms with Gasteiger partial charge in [-0.3, -0.25) is 14.9 Å². The predicted molar refractivity (Wildman–Crippen MR) is 241 cm³/mol. The van der Waals surface area contributed by atoms with Gasteiger partial charge in [-0.2, -0.15) is 0 Å². The molecule has 2 aliphatic carbocycles. The summed E-state index contributed by atoms with van der Waals surface area (Å²) in [6, 6.07) is 16.8. The molecule has 63 heavy (non-hydrogen) atoms. The van der Waals surface area contributed by atoms with Gasteiger partial charge in [-0.1, -0.05) is 54.9 Å². The molecule has 1 aliphatic heterocycles. The van der Waals surface area contributed by atoms with Gasteiger partial charge in [-0.05, 0) is 124 Å². The Bertz CT molecular complexity index is 2160. The van der Waals surface area contributed by atoms with Gasteiger partial charge in [0.1, 0.15) is 35.6 Å². The summed E-state index contributed by atoms with van der Waals surface area (Å²) in [6.07, 6.45) is 13.2. The molecule has 3 aliphatic rings. The van der Waals surface area contributed by atoms with E-state index in [2.05, 4.69) is 19.2 Å². The molecule has 6 atom stereocenters. The lowest BCUT2D eigenvalue weighted by Gasteiger charge is -2.60. The summed E-state index contributed by atoms with van der Waals surface area (Å²) >= 11 is 0. The van der Waals surface area contributed by atoms with Crippen LogP contribution in [0.2, 0.25) is 0 Å². The van der Waals surface area contributed by atoms with Crippen LogP contribution in [0.25, 0.3) is 6.08 Å². The maximum atomic E-state index is 15.0. The highest BCUT2D eigenvalue weighted by Gasteiger charge is 2.65. The number of nitro benzene ring substituents is 1. The number of benzene rings is 3. The fourth-order valence-corrected chi connectivity index (χ4v) is 9.18. The van der Waals surface area contributed by atoms with Gasteiger partial charge >= 0.3 is 0 Å². The average Bonchev–Trinajstić information content (AvgIpc) is 3.27. The molecule has 1 saturated carbocycles. The highest BCUT2D eigenvalue weighted by molar-refractivity contribution is 6.03. The molecule has 3 aromatic carbocycles. The van der Waals surface area contributed by atoms with Crippen molar-refractivity contribution in [3.63, 3.8) is 0 Å². The van der Waals surface area contributed by atoms with Crippen LogP contribution in [0.1, 0.15) is 88.3 Å². The Kier molecular flexibility index (Phi) is 15.7. The molecule has 0 spiro atoms. The maximum absolute atomic E-state index is 15.0. The minimum absolute atomic E-state index is 0.000166. The first-order valence-electron chi connectivity index (χ1n) is 21.8. The van der Waals surface area contributed by atoms with Crippen molar-refractivity contribution in [1.82, 2.24) is 4.90 Å². The molecule has 0 saturated heterocycles. The lowest BCUT2D eigenvalue weighted by Crippen LogP contribution is -2.70. The van der Waals surface area contributed by atoms with Crippen LogP contribution in [0.4, 0.5) is 10.1 Å². The van der Waals surface area contributed by atoms with Crippen LogP contribution in [-0.4, -0.2) is 75.5 Å². The molecule has 1 fully saturated rings. The van der Waals surface area contributed by atoms with Crippen LogP contribution >= 0.6 is 0 Å². The first-order chi connectivity index (χ1) is 30.3. The zero-order chi connectivity index (χ0) is 45.1. The molecule has 12 nitrogen and oxygen atoms in total. The average molecular weight is 866 g/mol. The van der Waals surface area contributed by atoms with Crippen LogP contribution in [0.5, 0.6) is 11.5 Å². The predicted octanol–water partition coefficient (Wildman–Crippen LogP) is 9.47. The van der Waals surface area contributed by atoms with E-state index in [1.165, 1.54) is 30.3 Å². The van der Waals surface area contributed by atoms with Gasteiger partial charge in [-0.25, -0.2) is 4.39 Å². The van der Waals surface area contributed by atoms with Crippen molar-refractivity contribution in [2.45, 2.75) is 95.6 Å². The SMILES string of the molecule is C=CCOc1ccc2c(c1)C1C(CCCCO)C(CCCCO)C=C3C(=NOC(C)(C)C)CC(N(Cc4ccc(F)cc4)C(=O)C=Cc4ccc([N+](=O)[O-])cc4)C(OCC=C)(O2)C31. The molecule has 3 aromatic rings. The van der Waals surface area contributed by atoms with E-state index in [0.29, 0.717) is 47.8 Å². The van der Waals surface area contributed by atoms with Crippen LogP contribution < -0.4 is 9.47 Å². The lowest BCUT2D eigenvalue weighted by atomic mass is 9.55. The van der Waals surface area contributed by atoms with E-state index in [4.69, 9.17) is 24.2 Å². The topological polar surface area (TPSA) is 153 Å². The van der Waals surface area contributed by atoms with E-state index in [9.17, 15) is 24.7 Å². The molecule has 6 unspecified atom stereocenters. The van der Waals surface area contributed by atoms with Gasteiger partial charge in [0.15, 0.2) is 0 Å². The van der Waals surface area contributed by atoms with Gasteiger partial charge in [0.05, 0.1) is 23.2 Å². The molecular formula is C50H60FN3O9. The molecule has 336 valence electrons. The number of non-ortho nitro benzene ring substituents is 1. The number of nitro groups is 1. The van der Waals surface area contributed by atoms with E-state index in [0.717, 1.165) is 36.8 Å². The second-order valence-electron chi connectivity index (χ2n) is 17.4. The van der Waals surface area contributed by atoms with Crippen LogP contribution in [-0.2, 0) is 20.9 Å². The number of hydrogen-bond acceptors (Lipinski definition) is 10. The molecular weight excluding hydrogens is 806 g/mol.